The second kappa shape index (κ2) is 6.36. The molecule has 1 atom stereocenters. The molecule has 2 rings (SSSR count). The molecule has 1 saturated heterocycles. The van der Waals surface area contributed by atoms with Crippen molar-refractivity contribution in [1.29, 1.82) is 0 Å². The Labute approximate surface area is 125 Å². The van der Waals surface area contributed by atoms with Crippen LogP contribution in [0.2, 0.25) is 0 Å². The quantitative estimate of drug-likeness (QED) is 0.796. The van der Waals surface area contributed by atoms with E-state index in [-0.39, 0.29) is 0 Å². The number of rotatable bonds is 2. The van der Waals surface area contributed by atoms with E-state index < -0.39 is 0 Å². The zero-order chi connectivity index (χ0) is 13.9. The van der Waals surface area contributed by atoms with Crippen LogP contribution in [0.5, 0.6) is 0 Å². The molecule has 0 N–H and O–H groups in total. The summed E-state index contributed by atoms with van der Waals surface area (Å²) in [4.78, 5) is 6.83. The van der Waals surface area contributed by atoms with Crippen molar-refractivity contribution in [1.82, 2.24) is 9.88 Å². The zero-order valence-electron chi connectivity index (χ0n) is 12.3. The van der Waals surface area contributed by atoms with Gasteiger partial charge in [-0.15, -0.1) is 0 Å². The van der Waals surface area contributed by atoms with E-state index in [2.05, 4.69) is 52.7 Å². The lowest BCUT2D eigenvalue weighted by atomic mass is 9.77. The molecular formula is C16H25BrN2. The summed E-state index contributed by atoms with van der Waals surface area (Å²) in [5.74, 6) is 0.859. The first-order chi connectivity index (χ1) is 8.95. The summed E-state index contributed by atoms with van der Waals surface area (Å²) in [6.07, 6.45) is 7.85. The minimum atomic E-state index is 0.452. The van der Waals surface area contributed by atoms with Gasteiger partial charge >= 0.3 is 0 Å². The molecule has 19 heavy (non-hydrogen) atoms. The van der Waals surface area contributed by atoms with Crippen LogP contribution in [0.4, 0.5) is 0 Å². The maximum absolute atomic E-state index is 4.25. The molecule has 2 heterocycles. The summed E-state index contributed by atoms with van der Waals surface area (Å²) in [7, 11) is 0. The Morgan fingerprint density at radius 3 is 2.74 bits per heavy atom. The number of likely N-dealkylation sites (tertiary alicyclic amines) is 1. The van der Waals surface area contributed by atoms with Crippen molar-refractivity contribution in [2.45, 2.75) is 46.6 Å². The molecule has 1 aliphatic heterocycles. The lowest BCUT2D eigenvalue weighted by Gasteiger charge is -2.29. The highest BCUT2D eigenvalue weighted by molar-refractivity contribution is 9.10. The first kappa shape index (κ1) is 15.0. The number of halogens is 1. The third-order valence-electron chi connectivity index (χ3n) is 4.21. The lowest BCUT2D eigenvalue weighted by molar-refractivity contribution is 0.206. The highest BCUT2D eigenvalue weighted by Gasteiger charge is 2.26. The molecule has 1 aromatic heterocycles. The summed E-state index contributed by atoms with van der Waals surface area (Å²) < 4.78 is 1.08. The molecule has 0 bridgehead atoms. The van der Waals surface area contributed by atoms with Crippen LogP contribution in [0.15, 0.2) is 22.9 Å². The summed E-state index contributed by atoms with van der Waals surface area (Å²) >= 11 is 3.50. The topological polar surface area (TPSA) is 16.1 Å². The van der Waals surface area contributed by atoms with Gasteiger partial charge in [0.2, 0.25) is 0 Å². The summed E-state index contributed by atoms with van der Waals surface area (Å²) in [6.45, 7) is 10.6. The van der Waals surface area contributed by atoms with Crippen LogP contribution in [0.3, 0.4) is 0 Å². The van der Waals surface area contributed by atoms with Crippen molar-refractivity contribution in [3.63, 3.8) is 0 Å². The maximum Gasteiger partial charge on any atom is 0.0410 e. The maximum atomic E-state index is 4.25. The van der Waals surface area contributed by atoms with Gasteiger partial charge in [-0.05, 0) is 71.2 Å². The van der Waals surface area contributed by atoms with E-state index in [1.165, 1.54) is 37.9 Å². The van der Waals surface area contributed by atoms with Gasteiger partial charge in [0.25, 0.3) is 0 Å². The van der Waals surface area contributed by atoms with Crippen LogP contribution in [-0.2, 0) is 6.54 Å². The van der Waals surface area contributed by atoms with Crippen LogP contribution >= 0.6 is 15.9 Å². The Morgan fingerprint density at radius 2 is 2.05 bits per heavy atom. The average Bonchev–Trinajstić information content (AvgIpc) is 2.54. The predicted molar refractivity (Wildman–Crippen MR) is 84.0 cm³/mol. The largest absolute Gasteiger partial charge is 0.299 e. The molecule has 1 unspecified atom stereocenters. The fourth-order valence-corrected chi connectivity index (χ4v) is 3.39. The van der Waals surface area contributed by atoms with Gasteiger partial charge in [-0.1, -0.05) is 20.8 Å². The van der Waals surface area contributed by atoms with E-state index in [0.717, 1.165) is 16.9 Å². The number of aromatic nitrogens is 1. The van der Waals surface area contributed by atoms with Gasteiger partial charge in [0, 0.05) is 23.4 Å². The van der Waals surface area contributed by atoms with E-state index in [4.69, 9.17) is 0 Å². The van der Waals surface area contributed by atoms with E-state index in [1.807, 2.05) is 12.4 Å². The van der Waals surface area contributed by atoms with Crippen LogP contribution in [-0.4, -0.2) is 23.0 Å². The fraction of sp³-hybridized carbons (Fsp3) is 0.688. The predicted octanol–water partition coefficient (Wildman–Crippen LogP) is 4.49. The molecule has 0 saturated carbocycles. The van der Waals surface area contributed by atoms with E-state index in [0.29, 0.717) is 5.41 Å². The summed E-state index contributed by atoms with van der Waals surface area (Å²) in [5, 5.41) is 0. The first-order valence-corrected chi connectivity index (χ1v) is 8.06. The van der Waals surface area contributed by atoms with E-state index >= 15 is 0 Å². The third-order valence-corrected chi connectivity index (χ3v) is 4.65. The smallest absolute Gasteiger partial charge is 0.0410 e. The molecule has 0 aliphatic carbocycles. The summed E-state index contributed by atoms with van der Waals surface area (Å²) in [6, 6.07) is 2.18. The van der Waals surface area contributed by atoms with Crippen LogP contribution in [0, 0.1) is 11.3 Å². The monoisotopic (exact) mass is 324 g/mol. The molecule has 0 radical (unpaired) electrons. The van der Waals surface area contributed by atoms with Crippen molar-refractivity contribution in [2.24, 2.45) is 11.3 Å². The Kier molecular flexibility index (Phi) is 5.02. The molecule has 0 amide bonds. The number of nitrogens with zero attached hydrogens (tertiary/aromatic N) is 2. The van der Waals surface area contributed by atoms with Gasteiger partial charge in [0.15, 0.2) is 0 Å². The number of hydrogen-bond acceptors (Lipinski definition) is 2. The number of pyridine rings is 1. The van der Waals surface area contributed by atoms with Gasteiger partial charge in [-0.3, -0.25) is 9.88 Å². The minimum Gasteiger partial charge on any atom is -0.299 e. The second-order valence-electron chi connectivity index (χ2n) is 6.78. The van der Waals surface area contributed by atoms with Crippen molar-refractivity contribution in [3.05, 3.63) is 28.5 Å². The molecule has 1 fully saturated rings. The van der Waals surface area contributed by atoms with Crippen molar-refractivity contribution >= 4 is 15.9 Å². The Morgan fingerprint density at radius 1 is 1.26 bits per heavy atom. The van der Waals surface area contributed by atoms with E-state index in [1.54, 1.807) is 0 Å². The average molecular weight is 325 g/mol. The molecule has 3 heteroatoms. The minimum absolute atomic E-state index is 0.452. The van der Waals surface area contributed by atoms with Gasteiger partial charge in [0.05, 0.1) is 0 Å². The summed E-state index contributed by atoms with van der Waals surface area (Å²) in [5.41, 5.74) is 1.76. The Hall–Kier alpha value is -0.410. The zero-order valence-corrected chi connectivity index (χ0v) is 13.9. The number of hydrogen-bond donors (Lipinski definition) is 0. The SMILES string of the molecule is CC(C)(C)C1CCCN(Cc2cncc(Br)c2)CC1. The molecule has 1 aromatic rings. The third kappa shape index (κ3) is 4.57. The molecular weight excluding hydrogens is 300 g/mol. The van der Waals surface area contributed by atoms with Crippen LogP contribution < -0.4 is 0 Å². The standard InChI is InChI=1S/C16H25BrN2/c1-16(2,3)14-5-4-7-19(8-6-14)12-13-9-15(17)11-18-10-13/h9-11,14H,4-8,12H2,1-3H3. The van der Waals surface area contributed by atoms with E-state index in [9.17, 15) is 0 Å². The van der Waals surface area contributed by atoms with Gasteiger partial charge in [-0.2, -0.15) is 0 Å². The Bertz CT molecular complexity index is 411. The first-order valence-electron chi connectivity index (χ1n) is 7.27. The Balaban J connectivity index is 1.93. The van der Waals surface area contributed by atoms with Gasteiger partial charge in [-0.25, -0.2) is 0 Å². The van der Waals surface area contributed by atoms with Crippen molar-refractivity contribution in [2.75, 3.05) is 13.1 Å². The van der Waals surface area contributed by atoms with Crippen LogP contribution in [0.1, 0.15) is 45.6 Å². The molecule has 2 nitrogen and oxygen atoms in total. The molecule has 1 aliphatic rings. The molecule has 106 valence electrons. The highest BCUT2D eigenvalue weighted by atomic mass is 79.9. The van der Waals surface area contributed by atoms with Crippen LogP contribution in [0.25, 0.3) is 0 Å². The molecule has 0 aromatic carbocycles. The fourth-order valence-electron chi connectivity index (χ4n) is 2.98. The highest BCUT2D eigenvalue weighted by Crippen LogP contribution is 2.34. The molecule has 0 spiro atoms. The van der Waals surface area contributed by atoms with Crippen molar-refractivity contribution < 1.29 is 0 Å². The van der Waals surface area contributed by atoms with Gasteiger partial charge in [0.1, 0.15) is 0 Å². The normalized spacial score (nSPS) is 22.2. The van der Waals surface area contributed by atoms with Gasteiger partial charge < -0.3 is 0 Å². The second-order valence-corrected chi connectivity index (χ2v) is 7.70. The van der Waals surface area contributed by atoms with Crippen molar-refractivity contribution in [3.8, 4) is 0 Å². The lowest BCUT2D eigenvalue weighted by Crippen LogP contribution is -2.26.